The Kier molecular flexibility index (Phi) is 70.3. The van der Waals surface area contributed by atoms with Crippen LogP contribution in [0.3, 0.4) is 0 Å². The summed E-state index contributed by atoms with van der Waals surface area (Å²) in [6.07, 6.45) is 3.72. The highest BCUT2D eigenvalue weighted by Gasteiger charge is 2.06. The monoisotopic (exact) mass is 1380 g/mol. The molecule has 2 aromatic heterocycles. The summed E-state index contributed by atoms with van der Waals surface area (Å²) in [6, 6.07) is 99.6. The van der Waals surface area contributed by atoms with Crippen molar-refractivity contribution in [2.24, 2.45) is 0 Å². The number of fused-ring (bicyclic) bond motifs is 3. The Hall–Kier alpha value is -9.50. The second-order valence-electron chi connectivity index (χ2n) is 19.3. The maximum atomic E-state index is 4.35. The van der Waals surface area contributed by atoms with Gasteiger partial charge < -0.3 is 0 Å². The lowest BCUT2D eigenvalue weighted by molar-refractivity contribution is 1.27. The van der Waals surface area contributed by atoms with Gasteiger partial charge in [0.25, 0.3) is 0 Å². The van der Waals surface area contributed by atoms with E-state index in [1.54, 1.807) is 0 Å². The topological polar surface area (TPSA) is 25.8 Å². The number of pyridine rings is 2. The Labute approximate surface area is 634 Å². The minimum absolute atomic E-state index is 1.03. The lowest BCUT2D eigenvalue weighted by atomic mass is 9.96. The van der Waals surface area contributed by atoms with Crippen LogP contribution in [0.2, 0.25) is 0 Å². The summed E-state index contributed by atoms with van der Waals surface area (Å²) >= 11 is 0. The summed E-state index contributed by atoms with van der Waals surface area (Å²) in [5.41, 5.74) is 18.5. The molecule has 0 saturated carbocycles. The number of rotatable bonds is 5. The third-order valence-electron chi connectivity index (χ3n) is 13.6. The van der Waals surface area contributed by atoms with Crippen molar-refractivity contribution in [2.75, 3.05) is 0 Å². The quantitative estimate of drug-likeness (QED) is 0.172. The fraction of sp³-hybridized carbons (Fsp3) is 0.307. The van der Waals surface area contributed by atoms with E-state index in [4.69, 9.17) is 0 Å². The Morgan fingerprint density at radius 3 is 1.04 bits per heavy atom. The molecule has 0 saturated heterocycles. The first-order chi connectivity index (χ1) is 50.8. The number of benzene rings is 11. The van der Waals surface area contributed by atoms with E-state index < -0.39 is 0 Å². The van der Waals surface area contributed by atoms with Crippen molar-refractivity contribution in [3.63, 3.8) is 0 Å². The fourth-order valence-electron chi connectivity index (χ4n) is 9.28. The molecule has 0 aliphatic heterocycles. The number of aryl methyl sites for hydroxylation is 5. The first-order valence-electron chi connectivity index (χ1n) is 39.4. The summed E-state index contributed by atoms with van der Waals surface area (Å²) in [7, 11) is 0. The Morgan fingerprint density at radius 2 is 0.563 bits per heavy atom. The van der Waals surface area contributed by atoms with Gasteiger partial charge in [-0.3, -0.25) is 9.97 Å². The van der Waals surface area contributed by atoms with Gasteiger partial charge in [0, 0.05) is 23.5 Å². The predicted molar refractivity (Wildman–Crippen MR) is 479 cm³/mol. The average Bonchev–Trinajstić information content (AvgIpc) is 0.810. The highest BCUT2D eigenvalue weighted by molar-refractivity contribution is 5.99. The first kappa shape index (κ1) is 102. The molecular formula is C101H142N2. The van der Waals surface area contributed by atoms with Gasteiger partial charge in [-0.1, -0.05) is 458 Å². The van der Waals surface area contributed by atoms with Crippen LogP contribution in [0.1, 0.15) is 208 Å². The van der Waals surface area contributed by atoms with Crippen molar-refractivity contribution in [2.45, 2.75) is 215 Å². The second kappa shape index (κ2) is 70.9. The molecular weight excluding hydrogens is 1240 g/mol. The van der Waals surface area contributed by atoms with Crippen LogP contribution in [0.15, 0.2) is 298 Å². The van der Waals surface area contributed by atoms with Crippen LogP contribution >= 0.6 is 0 Å². The predicted octanol–water partition coefficient (Wildman–Crippen LogP) is 33.9. The van der Waals surface area contributed by atoms with Crippen LogP contribution in [0.25, 0.3) is 88.2 Å². The third kappa shape index (κ3) is 38.4. The number of hydrogen-bond donors (Lipinski definition) is 0. The maximum Gasteiger partial charge on any atom is 0.0731 e. The fourth-order valence-corrected chi connectivity index (χ4v) is 9.28. The molecule has 0 N–H and O–H groups in total. The zero-order chi connectivity index (χ0) is 79.2. The molecule has 2 heterocycles. The van der Waals surface area contributed by atoms with E-state index in [2.05, 4.69) is 274 Å². The molecule has 2 nitrogen and oxygen atoms in total. The standard InChI is InChI=1S/3C17H14.2C12H11N.13C2H6/c1-13-9-11-15(12-10-13)17-8-4-6-14-5-2-3-7-16(14)17;1-13-11-12-16(14-7-3-2-4-8-14)17-10-6-5-9-15(13)17;1-13-6-8-15(9-7-13)17-11-10-14-4-2-3-5-16(14)12-17;1-10-6-5-9-13-12(10)11-7-3-2-4-8-11;1-10-7-8-12(13-9-10)11-5-3-2-4-6-11;13*1-2/h3*2-12H,1H3;2*2-9H,1H3;13*1-2H3. The molecule has 0 aliphatic rings. The van der Waals surface area contributed by atoms with Crippen LogP contribution in [0, 0.1) is 34.6 Å². The van der Waals surface area contributed by atoms with Gasteiger partial charge >= 0.3 is 0 Å². The van der Waals surface area contributed by atoms with E-state index in [-0.39, 0.29) is 0 Å². The Bertz CT molecular complexity index is 3910. The van der Waals surface area contributed by atoms with Crippen molar-refractivity contribution in [1.29, 1.82) is 0 Å². The first-order valence-corrected chi connectivity index (χ1v) is 39.4. The molecule has 0 amide bonds. The number of aromatic nitrogens is 2. The van der Waals surface area contributed by atoms with Crippen LogP contribution < -0.4 is 0 Å². The van der Waals surface area contributed by atoms with E-state index in [9.17, 15) is 0 Å². The molecule has 11 aromatic carbocycles. The molecule has 0 fully saturated rings. The molecule has 103 heavy (non-hydrogen) atoms. The normalized spacial score (nSPS) is 8.53. The molecule has 13 aromatic rings. The lowest BCUT2D eigenvalue weighted by Gasteiger charge is -2.09. The van der Waals surface area contributed by atoms with Gasteiger partial charge in [-0.2, -0.15) is 0 Å². The van der Waals surface area contributed by atoms with Crippen LogP contribution in [-0.4, -0.2) is 9.97 Å². The van der Waals surface area contributed by atoms with Gasteiger partial charge in [0.1, 0.15) is 0 Å². The van der Waals surface area contributed by atoms with Crippen molar-refractivity contribution >= 4 is 32.3 Å². The summed E-state index contributed by atoms with van der Waals surface area (Å²) in [5, 5.41) is 7.88. The zero-order valence-corrected chi connectivity index (χ0v) is 70.7. The molecule has 0 aliphatic carbocycles. The largest absolute Gasteiger partial charge is 0.256 e. The lowest BCUT2D eigenvalue weighted by Crippen LogP contribution is -1.85. The average molecular weight is 1380 g/mol. The minimum atomic E-state index is 1.03. The zero-order valence-electron chi connectivity index (χ0n) is 70.7. The van der Waals surface area contributed by atoms with Gasteiger partial charge in [0.2, 0.25) is 0 Å². The van der Waals surface area contributed by atoms with Crippen molar-refractivity contribution in [1.82, 2.24) is 9.97 Å². The molecule has 0 spiro atoms. The number of hydrogen-bond acceptors (Lipinski definition) is 2. The van der Waals surface area contributed by atoms with Gasteiger partial charge in [-0.05, 0) is 135 Å². The molecule has 0 radical (unpaired) electrons. The van der Waals surface area contributed by atoms with Crippen molar-refractivity contribution < 1.29 is 0 Å². The summed E-state index contributed by atoms with van der Waals surface area (Å²) in [5.74, 6) is 0. The van der Waals surface area contributed by atoms with Crippen LogP contribution in [-0.2, 0) is 0 Å². The van der Waals surface area contributed by atoms with E-state index in [1.165, 1.54) is 105 Å². The second-order valence-corrected chi connectivity index (χ2v) is 19.3. The smallest absolute Gasteiger partial charge is 0.0731 e. The highest BCUT2D eigenvalue weighted by atomic mass is 14.7. The maximum absolute atomic E-state index is 4.35. The highest BCUT2D eigenvalue weighted by Crippen LogP contribution is 2.32. The van der Waals surface area contributed by atoms with Crippen LogP contribution in [0.5, 0.6) is 0 Å². The van der Waals surface area contributed by atoms with Crippen LogP contribution in [0.4, 0.5) is 0 Å². The molecule has 556 valence electrons. The molecule has 0 unspecified atom stereocenters. The van der Waals surface area contributed by atoms with Crippen molar-refractivity contribution in [3.8, 4) is 55.9 Å². The minimum Gasteiger partial charge on any atom is -0.256 e. The van der Waals surface area contributed by atoms with E-state index in [0.29, 0.717) is 0 Å². The van der Waals surface area contributed by atoms with E-state index in [1.807, 2.05) is 248 Å². The summed E-state index contributed by atoms with van der Waals surface area (Å²) in [6.45, 7) is 62.5. The number of nitrogens with zero attached hydrogens (tertiary/aromatic N) is 2. The Morgan fingerprint density at radius 1 is 0.194 bits per heavy atom. The van der Waals surface area contributed by atoms with Gasteiger partial charge in [-0.15, -0.1) is 0 Å². The summed E-state index contributed by atoms with van der Waals surface area (Å²) < 4.78 is 0. The Balaban J connectivity index is -0.000000360. The van der Waals surface area contributed by atoms with Gasteiger partial charge in [-0.25, -0.2) is 0 Å². The van der Waals surface area contributed by atoms with Crippen molar-refractivity contribution in [3.05, 3.63) is 325 Å². The SMILES string of the molecule is CC.CC.CC.CC.CC.CC.CC.CC.CC.CC.CC.CC.CC.Cc1ccc(-c2ccc3ccccc3c2)cc1.Cc1ccc(-c2cccc3ccccc23)cc1.Cc1ccc(-c2ccccc2)c2ccccc12.Cc1ccc(-c2ccccc2)nc1.Cc1cccnc1-c1ccccc1. The molecule has 0 atom stereocenters. The van der Waals surface area contributed by atoms with E-state index in [0.717, 1.165) is 11.4 Å². The summed E-state index contributed by atoms with van der Waals surface area (Å²) in [4.78, 5) is 8.70. The van der Waals surface area contributed by atoms with Gasteiger partial charge in [0.05, 0.1) is 11.4 Å². The third-order valence-corrected chi connectivity index (χ3v) is 13.6. The molecule has 13 rings (SSSR count). The molecule has 2 heteroatoms. The molecule has 0 bridgehead atoms. The van der Waals surface area contributed by atoms with E-state index >= 15 is 0 Å². The van der Waals surface area contributed by atoms with Gasteiger partial charge in [0.15, 0.2) is 0 Å².